The summed E-state index contributed by atoms with van der Waals surface area (Å²) in [6, 6.07) is 15.3. The maximum absolute atomic E-state index is 12.9. The summed E-state index contributed by atoms with van der Waals surface area (Å²) in [5, 5.41) is 13.0. The van der Waals surface area contributed by atoms with E-state index in [2.05, 4.69) is 10.5 Å². The number of benzene rings is 2. The Labute approximate surface area is 137 Å². The van der Waals surface area contributed by atoms with Gasteiger partial charge in [-0.25, -0.2) is 9.82 Å². The molecule has 0 saturated carbocycles. The van der Waals surface area contributed by atoms with E-state index in [0.717, 1.165) is 5.56 Å². The lowest BCUT2D eigenvalue weighted by Gasteiger charge is -1.98. The van der Waals surface area contributed by atoms with Gasteiger partial charge in [-0.05, 0) is 66.2 Å². The first-order chi connectivity index (χ1) is 11.6. The molecule has 1 aromatic heterocycles. The molecule has 0 fully saturated rings. The first kappa shape index (κ1) is 15.5. The number of halogens is 1. The Balaban J connectivity index is 1.65. The van der Waals surface area contributed by atoms with Crippen molar-refractivity contribution in [2.24, 2.45) is 5.10 Å². The van der Waals surface area contributed by atoms with Gasteiger partial charge in [0.2, 0.25) is 0 Å². The van der Waals surface area contributed by atoms with Crippen LogP contribution in [0, 0.1) is 5.82 Å². The first-order valence-electron chi connectivity index (χ1n) is 7.10. The molecule has 0 bridgehead atoms. The Morgan fingerprint density at radius 2 is 1.75 bits per heavy atom. The number of hydrazone groups is 1. The second-order valence-corrected chi connectivity index (χ2v) is 4.96. The summed E-state index contributed by atoms with van der Waals surface area (Å²) in [5.41, 5.74) is 3.74. The molecule has 24 heavy (non-hydrogen) atoms. The van der Waals surface area contributed by atoms with Gasteiger partial charge >= 0.3 is 5.91 Å². The van der Waals surface area contributed by atoms with Gasteiger partial charge in [-0.2, -0.15) is 5.10 Å². The van der Waals surface area contributed by atoms with Crippen molar-refractivity contribution < 1.29 is 18.7 Å². The SMILES string of the molecule is O=C(N/N=C/c1ccc(O)cc1)c1ccc(-c2ccc(F)cc2)o1. The van der Waals surface area contributed by atoms with Crippen molar-refractivity contribution in [3.63, 3.8) is 0 Å². The number of nitrogens with zero attached hydrogens (tertiary/aromatic N) is 1. The molecule has 0 spiro atoms. The van der Waals surface area contributed by atoms with Gasteiger partial charge < -0.3 is 9.52 Å². The third-order valence-electron chi connectivity index (χ3n) is 3.23. The summed E-state index contributed by atoms with van der Waals surface area (Å²) in [5.74, 6) is -0.134. The van der Waals surface area contributed by atoms with Crippen molar-refractivity contribution in [1.82, 2.24) is 5.43 Å². The summed E-state index contributed by atoms with van der Waals surface area (Å²) in [7, 11) is 0. The van der Waals surface area contributed by atoms with Crippen LogP contribution in [0.3, 0.4) is 0 Å². The summed E-state index contributed by atoms with van der Waals surface area (Å²) in [4.78, 5) is 12.0. The van der Waals surface area contributed by atoms with Crippen molar-refractivity contribution in [1.29, 1.82) is 0 Å². The predicted octanol–water partition coefficient (Wildman–Crippen LogP) is 3.56. The molecule has 3 aromatic rings. The Kier molecular flexibility index (Phi) is 4.38. The fourth-order valence-electron chi connectivity index (χ4n) is 2.01. The second-order valence-electron chi connectivity index (χ2n) is 4.96. The number of nitrogens with one attached hydrogen (secondary N) is 1. The molecule has 0 saturated heterocycles. The highest BCUT2D eigenvalue weighted by Gasteiger charge is 2.11. The molecule has 120 valence electrons. The molecule has 0 atom stereocenters. The summed E-state index contributed by atoms with van der Waals surface area (Å²) < 4.78 is 18.4. The van der Waals surface area contributed by atoms with Crippen LogP contribution in [0.1, 0.15) is 16.1 Å². The number of carbonyl (C=O) groups excluding carboxylic acids is 1. The highest BCUT2D eigenvalue weighted by Crippen LogP contribution is 2.22. The monoisotopic (exact) mass is 324 g/mol. The number of phenolic OH excluding ortho intramolecular Hbond substituents is 1. The lowest BCUT2D eigenvalue weighted by atomic mass is 10.2. The molecule has 0 aliphatic carbocycles. The molecule has 3 rings (SSSR count). The van der Waals surface area contributed by atoms with Crippen molar-refractivity contribution >= 4 is 12.1 Å². The van der Waals surface area contributed by atoms with Crippen LogP contribution in [0.25, 0.3) is 11.3 Å². The van der Waals surface area contributed by atoms with Crippen molar-refractivity contribution in [2.75, 3.05) is 0 Å². The second kappa shape index (κ2) is 6.78. The van der Waals surface area contributed by atoms with Crippen LogP contribution in [0.4, 0.5) is 4.39 Å². The van der Waals surface area contributed by atoms with E-state index in [1.54, 1.807) is 30.3 Å². The molecule has 2 aromatic carbocycles. The molecule has 5 nitrogen and oxygen atoms in total. The Hall–Kier alpha value is -3.41. The summed E-state index contributed by atoms with van der Waals surface area (Å²) in [6.45, 7) is 0. The van der Waals surface area contributed by atoms with Crippen LogP contribution >= 0.6 is 0 Å². The van der Waals surface area contributed by atoms with E-state index >= 15 is 0 Å². The van der Waals surface area contributed by atoms with Crippen LogP contribution in [-0.2, 0) is 0 Å². The van der Waals surface area contributed by atoms with Gasteiger partial charge in [0, 0.05) is 5.56 Å². The highest BCUT2D eigenvalue weighted by molar-refractivity contribution is 5.93. The molecule has 1 heterocycles. The topological polar surface area (TPSA) is 74.8 Å². The van der Waals surface area contributed by atoms with E-state index in [4.69, 9.17) is 4.42 Å². The van der Waals surface area contributed by atoms with Gasteiger partial charge in [0.1, 0.15) is 17.3 Å². The van der Waals surface area contributed by atoms with Crippen molar-refractivity contribution in [3.05, 3.63) is 77.8 Å². The Morgan fingerprint density at radius 1 is 1.04 bits per heavy atom. The number of phenols is 1. The van der Waals surface area contributed by atoms with Crippen LogP contribution in [0.15, 0.2) is 70.2 Å². The van der Waals surface area contributed by atoms with Gasteiger partial charge in [0.15, 0.2) is 5.76 Å². The Bertz CT molecular complexity index is 868. The van der Waals surface area contributed by atoms with Crippen molar-refractivity contribution in [3.8, 4) is 17.1 Å². The molecule has 0 unspecified atom stereocenters. The first-order valence-corrected chi connectivity index (χ1v) is 7.10. The Morgan fingerprint density at radius 3 is 2.46 bits per heavy atom. The smallest absolute Gasteiger partial charge is 0.307 e. The lowest BCUT2D eigenvalue weighted by molar-refractivity contribution is 0.0928. The third-order valence-corrected chi connectivity index (χ3v) is 3.23. The van der Waals surface area contributed by atoms with E-state index in [1.165, 1.54) is 36.5 Å². The minimum Gasteiger partial charge on any atom is -0.508 e. The quantitative estimate of drug-likeness (QED) is 0.569. The zero-order valence-corrected chi connectivity index (χ0v) is 12.4. The normalized spacial score (nSPS) is 10.9. The van der Waals surface area contributed by atoms with E-state index in [-0.39, 0.29) is 17.3 Å². The predicted molar refractivity (Wildman–Crippen MR) is 87.3 cm³/mol. The summed E-state index contributed by atoms with van der Waals surface area (Å²) >= 11 is 0. The van der Waals surface area contributed by atoms with Crippen LogP contribution in [0.5, 0.6) is 5.75 Å². The van der Waals surface area contributed by atoms with Gasteiger partial charge in [-0.15, -0.1) is 0 Å². The molecule has 6 heteroatoms. The van der Waals surface area contributed by atoms with E-state index < -0.39 is 5.91 Å². The minimum atomic E-state index is -0.501. The number of hydrogen-bond donors (Lipinski definition) is 2. The van der Waals surface area contributed by atoms with Gasteiger partial charge in [-0.1, -0.05) is 0 Å². The zero-order chi connectivity index (χ0) is 16.9. The molecular weight excluding hydrogens is 311 g/mol. The number of aromatic hydroxyl groups is 1. The summed E-state index contributed by atoms with van der Waals surface area (Å²) in [6.07, 6.45) is 1.45. The van der Waals surface area contributed by atoms with Gasteiger partial charge in [0.05, 0.1) is 6.21 Å². The molecule has 0 radical (unpaired) electrons. The number of hydrogen-bond acceptors (Lipinski definition) is 4. The fourth-order valence-corrected chi connectivity index (χ4v) is 2.01. The average Bonchev–Trinajstić information content (AvgIpc) is 3.07. The van der Waals surface area contributed by atoms with E-state index in [9.17, 15) is 14.3 Å². The number of carbonyl (C=O) groups is 1. The average molecular weight is 324 g/mol. The van der Waals surface area contributed by atoms with Crippen LogP contribution in [0.2, 0.25) is 0 Å². The lowest BCUT2D eigenvalue weighted by Crippen LogP contribution is -2.16. The fraction of sp³-hybridized carbons (Fsp3) is 0. The van der Waals surface area contributed by atoms with E-state index in [0.29, 0.717) is 11.3 Å². The highest BCUT2D eigenvalue weighted by atomic mass is 19.1. The largest absolute Gasteiger partial charge is 0.508 e. The van der Waals surface area contributed by atoms with Crippen LogP contribution < -0.4 is 5.43 Å². The standard InChI is InChI=1S/C18H13FN2O3/c19-14-5-3-13(4-6-14)16-9-10-17(24-16)18(23)21-20-11-12-1-7-15(22)8-2-12/h1-11,22H,(H,21,23)/b20-11+. The number of rotatable bonds is 4. The number of amides is 1. The van der Waals surface area contributed by atoms with Crippen LogP contribution in [-0.4, -0.2) is 17.2 Å². The zero-order valence-electron chi connectivity index (χ0n) is 12.4. The van der Waals surface area contributed by atoms with Crippen molar-refractivity contribution in [2.45, 2.75) is 0 Å². The maximum atomic E-state index is 12.9. The van der Waals surface area contributed by atoms with Gasteiger partial charge in [-0.3, -0.25) is 4.79 Å². The molecule has 0 aliphatic rings. The molecule has 0 aliphatic heterocycles. The van der Waals surface area contributed by atoms with Gasteiger partial charge in [0.25, 0.3) is 0 Å². The maximum Gasteiger partial charge on any atom is 0.307 e. The van der Waals surface area contributed by atoms with E-state index in [1.807, 2.05) is 0 Å². The molecule has 2 N–H and O–H groups in total. The molecule has 1 amide bonds. The minimum absolute atomic E-state index is 0.0946. The third kappa shape index (κ3) is 3.67. The number of furan rings is 1. The molecular formula is C18H13FN2O3.